The third kappa shape index (κ3) is 13.9. The molecule has 0 aliphatic heterocycles. The van der Waals surface area contributed by atoms with Crippen molar-refractivity contribution >= 4 is 5.97 Å². The average molecular weight is 286 g/mol. The molecule has 0 aliphatic carbocycles. The van der Waals surface area contributed by atoms with Crippen LogP contribution in [0.1, 0.15) is 78.6 Å². The number of unbranched alkanes of at least 4 members (excludes halogenated alkanes) is 6. The fraction of sp³-hybridized carbons (Fsp3) is 0.941. The molecule has 0 spiro atoms. The summed E-state index contributed by atoms with van der Waals surface area (Å²) in [7, 11) is 0. The van der Waals surface area contributed by atoms with Gasteiger partial charge in [-0.25, -0.2) is 0 Å². The summed E-state index contributed by atoms with van der Waals surface area (Å²) < 4.78 is 10.6. The van der Waals surface area contributed by atoms with Crippen molar-refractivity contribution < 1.29 is 14.3 Å². The quantitative estimate of drug-likeness (QED) is 0.342. The van der Waals surface area contributed by atoms with E-state index in [9.17, 15) is 4.79 Å². The molecule has 0 amide bonds. The second-order valence-corrected chi connectivity index (χ2v) is 5.68. The summed E-state index contributed by atoms with van der Waals surface area (Å²) >= 11 is 0. The van der Waals surface area contributed by atoms with Crippen molar-refractivity contribution in [3.05, 3.63) is 0 Å². The normalized spacial score (nSPS) is 12.3. The van der Waals surface area contributed by atoms with Crippen molar-refractivity contribution in [2.24, 2.45) is 5.92 Å². The molecule has 0 saturated heterocycles. The van der Waals surface area contributed by atoms with E-state index in [-0.39, 0.29) is 5.97 Å². The summed E-state index contributed by atoms with van der Waals surface area (Å²) in [6.45, 7) is 8.20. The minimum atomic E-state index is -0.0781. The molecule has 0 heterocycles. The van der Waals surface area contributed by atoms with E-state index in [4.69, 9.17) is 9.47 Å². The monoisotopic (exact) mass is 286 g/mol. The summed E-state index contributed by atoms with van der Waals surface area (Å²) in [6, 6.07) is 0. The number of carbonyl (C=O) groups excluding carboxylic acids is 1. The Balaban J connectivity index is 3.21. The Bertz CT molecular complexity index is 216. The molecule has 0 radical (unpaired) electrons. The molecule has 0 rings (SSSR count). The highest BCUT2D eigenvalue weighted by atomic mass is 16.6. The van der Waals surface area contributed by atoms with E-state index in [2.05, 4.69) is 20.8 Å². The van der Waals surface area contributed by atoms with Crippen LogP contribution >= 0.6 is 0 Å². The van der Waals surface area contributed by atoms with E-state index in [0.29, 0.717) is 25.6 Å². The summed E-state index contributed by atoms with van der Waals surface area (Å²) in [5.74, 6) is 0.504. The van der Waals surface area contributed by atoms with Crippen molar-refractivity contribution in [1.82, 2.24) is 0 Å². The van der Waals surface area contributed by atoms with Crippen molar-refractivity contribution in [2.75, 3.05) is 19.8 Å². The van der Waals surface area contributed by atoms with E-state index >= 15 is 0 Å². The lowest BCUT2D eigenvalue weighted by Gasteiger charge is -2.09. The lowest BCUT2D eigenvalue weighted by Crippen LogP contribution is -2.13. The van der Waals surface area contributed by atoms with Crippen LogP contribution in [-0.4, -0.2) is 25.8 Å². The highest BCUT2D eigenvalue weighted by Gasteiger charge is 2.03. The number of ether oxygens (including phenoxy) is 2. The average Bonchev–Trinajstić information content (AvgIpc) is 2.45. The van der Waals surface area contributed by atoms with E-state index in [1.165, 1.54) is 32.1 Å². The van der Waals surface area contributed by atoms with Gasteiger partial charge in [0.05, 0.1) is 6.61 Å². The maximum absolute atomic E-state index is 11.5. The molecular formula is C17H34O3. The number of rotatable bonds is 14. The largest absolute Gasteiger partial charge is 0.463 e. The molecule has 120 valence electrons. The molecule has 20 heavy (non-hydrogen) atoms. The fourth-order valence-corrected chi connectivity index (χ4v) is 1.92. The van der Waals surface area contributed by atoms with Gasteiger partial charge in [0.25, 0.3) is 0 Å². The van der Waals surface area contributed by atoms with Gasteiger partial charge in [-0.1, -0.05) is 65.7 Å². The molecule has 0 N–H and O–H groups in total. The van der Waals surface area contributed by atoms with Gasteiger partial charge in [-0.05, 0) is 12.3 Å². The second-order valence-electron chi connectivity index (χ2n) is 5.68. The van der Waals surface area contributed by atoms with Crippen molar-refractivity contribution in [3.63, 3.8) is 0 Å². The molecule has 0 saturated carbocycles. The maximum atomic E-state index is 11.5. The van der Waals surface area contributed by atoms with Gasteiger partial charge in [0.2, 0.25) is 0 Å². The van der Waals surface area contributed by atoms with Crippen LogP contribution in [0.15, 0.2) is 0 Å². The highest BCUT2D eigenvalue weighted by molar-refractivity contribution is 5.69. The maximum Gasteiger partial charge on any atom is 0.305 e. The standard InChI is InChI=1S/C17H34O3/c1-4-6-7-8-9-10-11-12-17(18)20-14-13-19-15-16(3)5-2/h16H,4-15H2,1-3H3. The van der Waals surface area contributed by atoms with Gasteiger partial charge in [-0.2, -0.15) is 0 Å². The summed E-state index contributed by atoms with van der Waals surface area (Å²) in [4.78, 5) is 11.5. The molecule has 1 unspecified atom stereocenters. The van der Waals surface area contributed by atoms with Gasteiger partial charge in [0.1, 0.15) is 6.61 Å². The number of hydrogen-bond acceptors (Lipinski definition) is 3. The molecule has 0 aromatic carbocycles. The SMILES string of the molecule is CCCCCCCCCC(=O)OCCOCC(C)CC. The number of hydrogen-bond donors (Lipinski definition) is 0. The lowest BCUT2D eigenvalue weighted by atomic mass is 10.1. The minimum absolute atomic E-state index is 0.0781. The predicted molar refractivity (Wildman–Crippen MR) is 83.8 cm³/mol. The topological polar surface area (TPSA) is 35.5 Å². The Hall–Kier alpha value is -0.570. The molecule has 1 atom stereocenters. The van der Waals surface area contributed by atoms with Crippen LogP contribution < -0.4 is 0 Å². The first-order valence-electron chi connectivity index (χ1n) is 8.44. The van der Waals surface area contributed by atoms with Crippen LogP contribution in [0.3, 0.4) is 0 Å². The number of carbonyl (C=O) groups is 1. The molecular weight excluding hydrogens is 252 g/mol. The minimum Gasteiger partial charge on any atom is -0.463 e. The highest BCUT2D eigenvalue weighted by Crippen LogP contribution is 2.08. The first-order valence-corrected chi connectivity index (χ1v) is 8.44. The van der Waals surface area contributed by atoms with Gasteiger partial charge >= 0.3 is 5.97 Å². The van der Waals surface area contributed by atoms with Crippen molar-refractivity contribution in [2.45, 2.75) is 78.6 Å². The van der Waals surface area contributed by atoms with Crippen molar-refractivity contribution in [1.29, 1.82) is 0 Å². The third-order valence-corrected chi connectivity index (χ3v) is 3.57. The molecule has 0 fully saturated rings. The van der Waals surface area contributed by atoms with Gasteiger partial charge in [0.15, 0.2) is 0 Å². The first-order chi connectivity index (χ1) is 9.70. The molecule has 0 aromatic heterocycles. The Morgan fingerprint density at radius 2 is 1.60 bits per heavy atom. The Morgan fingerprint density at radius 1 is 0.950 bits per heavy atom. The summed E-state index contributed by atoms with van der Waals surface area (Å²) in [5.41, 5.74) is 0. The second kappa shape index (κ2) is 14.8. The van der Waals surface area contributed by atoms with Crippen LogP contribution in [0.25, 0.3) is 0 Å². The van der Waals surface area contributed by atoms with Crippen LogP contribution in [0.4, 0.5) is 0 Å². The van der Waals surface area contributed by atoms with Gasteiger partial charge in [0, 0.05) is 13.0 Å². The van der Waals surface area contributed by atoms with E-state index in [1.807, 2.05) is 0 Å². The molecule has 0 aromatic rings. The zero-order chi connectivity index (χ0) is 15.1. The summed E-state index contributed by atoms with van der Waals surface area (Å²) in [5, 5.41) is 0. The van der Waals surface area contributed by atoms with Crippen LogP contribution in [-0.2, 0) is 14.3 Å². The number of esters is 1. The molecule has 3 heteroatoms. The van der Waals surface area contributed by atoms with Crippen molar-refractivity contribution in [3.8, 4) is 0 Å². The molecule has 0 aliphatic rings. The molecule has 3 nitrogen and oxygen atoms in total. The fourth-order valence-electron chi connectivity index (χ4n) is 1.92. The zero-order valence-electron chi connectivity index (χ0n) is 13.8. The first kappa shape index (κ1) is 19.4. The summed E-state index contributed by atoms with van der Waals surface area (Å²) in [6.07, 6.45) is 10.3. The van der Waals surface area contributed by atoms with E-state index in [0.717, 1.165) is 25.9 Å². The van der Waals surface area contributed by atoms with E-state index < -0.39 is 0 Å². The predicted octanol–water partition coefficient (Wildman–Crippen LogP) is 4.73. The van der Waals surface area contributed by atoms with Gasteiger partial charge < -0.3 is 9.47 Å². The lowest BCUT2D eigenvalue weighted by molar-refractivity contribution is -0.145. The Kier molecular flexibility index (Phi) is 14.4. The van der Waals surface area contributed by atoms with Gasteiger partial charge in [-0.3, -0.25) is 4.79 Å². The zero-order valence-corrected chi connectivity index (χ0v) is 13.8. The third-order valence-electron chi connectivity index (χ3n) is 3.57. The Morgan fingerprint density at radius 3 is 2.25 bits per heavy atom. The smallest absolute Gasteiger partial charge is 0.305 e. The van der Waals surface area contributed by atoms with Crippen LogP contribution in [0.5, 0.6) is 0 Å². The molecule has 0 bridgehead atoms. The van der Waals surface area contributed by atoms with E-state index in [1.54, 1.807) is 0 Å². The van der Waals surface area contributed by atoms with Gasteiger partial charge in [-0.15, -0.1) is 0 Å². The van der Waals surface area contributed by atoms with Crippen LogP contribution in [0, 0.1) is 5.92 Å². The Labute approximate surface area is 125 Å². The van der Waals surface area contributed by atoms with Crippen LogP contribution in [0.2, 0.25) is 0 Å².